The van der Waals surface area contributed by atoms with Crippen molar-refractivity contribution in [2.45, 2.75) is 26.7 Å². The van der Waals surface area contributed by atoms with E-state index in [2.05, 4.69) is 24.1 Å². The number of nitrogens with one attached hydrogen (secondary N) is 2. The highest BCUT2D eigenvalue weighted by atomic mass is 16.5. The lowest BCUT2D eigenvalue weighted by Crippen LogP contribution is -2.22. The summed E-state index contributed by atoms with van der Waals surface area (Å²) in [7, 11) is 0. The number of carbonyl (C=O) groups excluding carboxylic acids is 1. The summed E-state index contributed by atoms with van der Waals surface area (Å²) in [5.41, 5.74) is 2.50. The Hall–Kier alpha value is -2.95. The van der Waals surface area contributed by atoms with E-state index >= 15 is 0 Å². The molecule has 0 atom stereocenters. The van der Waals surface area contributed by atoms with Gasteiger partial charge in [0.15, 0.2) is 0 Å². The number of carbonyl (C=O) groups is 1. The quantitative estimate of drug-likeness (QED) is 0.439. The molecule has 0 radical (unpaired) electrons. The number of rotatable bonds is 11. The van der Waals surface area contributed by atoms with Gasteiger partial charge in [0.05, 0.1) is 18.8 Å². The van der Waals surface area contributed by atoms with Gasteiger partial charge in [-0.25, -0.2) is 0 Å². The first-order valence-corrected chi connectivity index (χ1v) is 9.21. The third-order valence-corrected chi connectivity index (χ3v) is 3.71. The summed E-state index contributed by atoms with van der Waals surface area (Å²) in [5, 5.41) is 5.99. The average Bonchev–Trinajstić information content (AvgIpc) is 2.67. The zero-order chi connectivity index (χ0) is 19.5. The zero-order valence-electron chi connectivity index (χ0n) is 16.1. The van der Waals surface area contributed by atoms with E-state index in [9.17, 15) is 4.79 Å². The molecule has 0 saturated carbocycles. The first kappa shape index (κ1) is 20.4. The molecule has 0 spiro atoms. The van der Waals surface area contributed by atoms with Gasteiger partial charge in [0.25, 0.3) is 0 Å². The van der Waals surface area contributed by atoms with Crippen LogP contribution in [0.25, 0.3) is 0 Å². The summed E-state index contributed by atoms with van der Waals surface area (Å²) in [6.45, 7) is 9.14. The molecular weight excluding hydrogens is 340 g/mol. The summed E-state index contributed by atoms with van der Waals surface area (Å²) in [4.78, 5) is 12.2. The largest absolute Gasteiger partial charge is 0.491 e. The number of anilines is 2. The Balaban J connectivity index is 1.83. The molecule has 5 heteroatoms. The van der Waals surface area contributed by atoms with Crippen LogP contribution in [0.2, 0.25) is 0 Å². The minimum Gasteiger partial charge on any atom is -0.491 e. The maximum atomic E-state index is 12.2. The average molecular weight is 368 g/mol. The number of para-hydroxylation sites is 2. The molecule has 0 bridgehead atoms. The molecule has 27 heavy (non-hydrogen) atoms. The second-order valence-electron chi connectivity index (χ2n) is 6.37. The Morgan fingerprint density at radius 1 is 1.07 bits per heavy atom. The third kappa shape index (κ3) is 7.44. The van der Waals surface area contributed by atoms with Crippen molar-refractivity contribution in [2.75, 3.05) is 30.4 Å². The molecule has 1 amide bonds. The monoisotopic (exact) mass is 368 g/mol. The van der Waals surface area contributed by atoms with Crippen LogP contribution in [0.1, 0.15) is 26.7 Å². The molecule has 5 nitrogen and oxygen atoms in total. The van der Waals surface area contributed by atoms with Gasteiger partial charge in [-0.2, -0.15) is 0 Å². The number of unbranched alkanes of at least 4 members (excludes halogenated alkanes) is 1. The first-order valence-electron chi connectivity index (χ1n) is 9.21. The Morgan fingerprint density at radius 2 is 1.81 bits per heavy atom. The lowest BCUT2D eigenvalue weighted by atomic mass is 10.2. The van der Waals surface area contributed by atoms with E-state index in [-0.39, 0.29) is 12.5 Å². The third-order valence-electron chi connectivity index (χ3n) is 3.71. The van der Waals surface area contributed by atoms with Crippen LogP contribution in [0.15, 0.2) is 60.7 Å². The number of benzene rings is 2. The van der Waals surface area contributed by atoms with Crippen LogP contribution in [0.4, 0.5) is 11.4 Å². The number of ether oxygens (including phenoxy) is 2. The summed E-state index contributed by atoms with van der Waals surface area (Å²) >= 11 is 0. The molecule has 2 rings (SSSR count). The molecule has 0 aliphatic rings. The zero-order valence-corrected chi connectivity index (χ0v) is 16.1. The molecule has 144 valence electrons. The van der Waals surface area contributed by atoms with Crippen molar-refractivity contribution in [3.8, 4) is 11.5 Å². The predicted octanol–water partition coefficient (Wildman–Crippen LogP) is 4.87. The van der Waals surface area contributed by atoms with Crippen LogP contribution in [0, 0.1) is 0 Å². The molecule has 2 aromatic carbocycles. The molecule has 0 aliphatic heterocycles. The highest BCUT2D eigenvalue weighted by Crippen LogP contribution is 2.24. The van der Waals surface area contributed by atoms with Crippen LogP contribution in [-0.2, 0) is 4.79 Å². The highest BCUT2D eigenvalue weighted by Gasteiger charge is 2.07. The summed E-state index contributed by atoms with van der Waals surface area (Å²) in [5.74, 6) is 1.33. The van der Waals surface area contributed by atoms with Gasteiger partial charge >= 0.3 is 0 Å². The fourth-order valence-corrected chi connectivity index (χ4v) is 2.27. The Morgan fingerprint density at radius 3 is 2.52 bits per heavy atom. The Labute approximate surface area is 161 Å². The molecule has 2 aromatic rings. The van der Waals surface area contributed by atoms with Crippen LogP contribution in [0.5, 0.6) is 11.5 Å². The van der Waals surface area contributed by atoms with E-state index in [1.807, 2.05) is 55.5 Å². The van der Waals surface area contributed by atoms with Crippen LogP contribution in [0.3, 0.4) is 0 Å². The lowest BCUT2D eigenvalue weighted by molar-refractivity contribution is -0.114. The van der Waals surface area contributed by atoms with Gasteiger partial charge < -0.3 is 20.1 Å². The molecular formula is C22H28N2O3. The van der Waals surface area contributed by atoms with E-state index in [1.54, 1.807) is 0 Å². The van der Waals surface area contributed by atoms with Gasteiger partial charge in [0, 0.05) is 5.69 Å². The maximum absolute atomic E-state index is 12.2. The van der Waals surface area contributed by atoms with Crippen molar-refractivity contribution >= 4 is 17.3 Å². The maximum Gasteiger partial charge on any atom is 0.243 e. The van der Waals surface area contributed by atoms with E-state index in [0.717, 1.165) is 29.9 Å². The van der Waals surface area contributed by atoms with E-state index in [4.69, 9.17) is 9.47 Å². The van der Waals surface area contributed by atoms with Crippen LogP contribution in [-0.4, -0.2) is 25.7 Å². The molecule has 0 heterocycles. The van der Waals surface area contributed by atoms with Crippen molar-refractivity contribution in [3.05, 3.63) is 60.7 Å². The van der Waals surface area contributed by atoms with E-state index < -0.39 is 0 Å². The lowest BCUT2D eigenvalue weighted by Gasteiger charge is -2.13. The molecule has 0 fully saturated rings. The molecule has 2 N–H and O–H groups in total. The summed E-state index contributed by atoms with van der Waals surface area (Å²) < 4.78 is 11.3. The number of hydrogen-bond acceptors (Lipinski definition) is 4. The van der Waals surface area contributed by atoms with Gasteiger partial charge in [-0.15, -0.1) is 0 Å². The minimum absolute atomic E-state index is 0.135. The van der Waals surface area contributed by atoms with Crippen molar-refractivity contribution < 1.29 is 14.3 Å². The molecule has 0 unspecified atom stereocenters. The topological polar surface area (TPSA) is 59.6 Å². The van der Waals surface area contributed by atoms with Crippen molar-refractivity contribution in [1.82, 2.24) is 0 Å². The summed E-state index contributed by atoms with van der Waals surface area (Å²) in [6, 6.07) is 15.0. The standard InChI is InChI=1S/C22H28N2O3/c1-4-5-14-26-21-9-7-6-8-20(21)24-22(25)15-23-18-10-12-19(13-11-18)27-16-17(2)3/h6-13,23H,2,4-5,14-16H2,1,3H3,(H,24,25). The fourth-order valence-electron chi connectivity index (χ4n) is 2.27. The van der Waals surface area contributed by atoms with Gasteiger partial charge in [0.1, 0.15) is 18.1 Å². The molecule has 0 aromatic heterocycles. The first-order chi connectivity index (χ1) is 13.1. The number of amides is 1. The van der Waals surface area contributed by atoms with Gasteiger partial charge in [-0.3, -0.25) is 4.79 Å². The van der Waals surface area contributed by atoms with Gasteiger partial charge in [-0.05, 0) is 55.3 Å². The fraction of sp³-hybridized carbons (Fsp3) is 0.318. The summed E-state index contributed by atoms with van der Waals surface area (Å²) in [6.07, 6.45) is 2.05. The second-order valence-corrected chi connectivity index (χ2v) is 6.37. The van der Waals surface area contributed by atoms with Crippen molar-refractivity contribution in [2.24, 2.45) is 0 Å². The van der Waals surface area contributed by atoms with Crippen molar-refractivity contribution in [3.63, 3.8) is 0 Å². The van der Waals surface area contributed by atoms with Crippen LogP contribution >= 0.6 is 0 Å². The molecule has 0 aliphatic carbocycles. The van der Waals surface area contributed by atoms with Crippen LogP contribution < -0.4 is 20.1 Å². The van der Waals surface area contributed by atoms with Gasteiger partial charge in [-0.1, -0.05) is 32.1 Å². The van der Waals surface area contributed by atoms with E-state index in [0.29, 0.717) is 24.7 Å². The van der Waals surface area contributed by atoms with Crippen molar-refractivity contribution in [1.29, 1.82) is 0 Å². The Bertz CT molecular complexity index is 741. The van der Waals surface area contributed by atoms with Gasteiger partial charge in [0.2, 0.25) is 5.91 Å². The number of hydrogen-bond donors (Lipinski definition) is 2. The highest BCUT2D eigenvalue weighted by molar-refractivity contribution is 5.95. The minimum atomic E-state index is -0.135. The smallest absolute Gasteiger partial charge is 0.243 e. The normalized spacial score (nSPS) is 10.1. The predicted molar refractivity (Wildman–Crippen MR) is 111 cm³/mol. The molecule has 0 saturated heterocycles. The van der Waals surface area contributed by atoms with E-state index in [1.165, 1.54) is 0 Å². The SMILES string of the molecule is C=C(C)COc1ccc(NCC(=O)Nc2ccccc2OCCCC)cc1. The second kappa shape index (κ2) is 10.9. The Kier molecular flexibility index (Phi) is 8.23.